The van der Waals surface area contributed by atoms with E-state index in [9.17, 15) is 24.9 Å². The molecule has 0 heterocycles. The molecule has 0 aromatic heterocycles. The van der Waals surface area contributed by atoms with E-state index in [1.54, 1.807) is 0 Å². The normalized spacial score (nSPS) is 15.2. The summed E-state index contributed by atoms with van der Waals surface area (Å²) in [5.41, 5.74) is 11.3. The zero-order valence-electron chi connectivity index (χ0n) is 38.9. The lowest BCUT2D eigenvalue weighted by atomic mass is 9.70. The van der Waals surface area contributed by atoms with Crippen molar-refractivity contribution in [3.05, 3.63) is 177 Å². The number of aliphatic hydroxyl groups excluding tert-OH is 3. The highest BCUT2D eigenvalue weighted by Gasteiger charge is 2.35. The molecule has 8 nitrogen and oxygen atoms in total. The number of anilines is 3. The predicted octanol–water partition coefficient (Wildman–Crippen LogP) is 12.5. The summed E-state index contributed by atoms with van der Waals surface area (Å²) in [5.74, 6) is 0.0283. The van der Waals surface area contributed by atoms with E-state index in [1.807, 2.05) is 148 Å². The van der Waals surface area contributed by atoms with Crippen molar-refractivity contribution < 1.29 is 24.9 Å². The molecule has 3 N–H and O–H groups in total. The molecular weight excluding hydrogens is 795 g/mol. The van der Waals surface area contributed by atoms with Crippen molar-refractivity contribution in [2.24, 2.45) is 26.5 Å². The second kappa shape index (κ2) is 19.8. The first-order valence-electron chi connectivity index (χ1n) is 22.2. The van der Waals surface area contributed by atoms with Gasteiger partial charge in [0.25, 0.3) is 0 Å². The fraction of sp³-hybridized carbons (Fsp3) is 0.321. The maximum absolute atomic E-state index is 14.1. The molecule has 0 fully saturated rings. The zero-order chi connectivity index (χ0) is 46.4. The van der Waals surface area contributed by atoms with E-state index in [-0.39, 0.29) is 42.2 Å². The Morgan fingerprint density at radius 3 is 1.39 bits per heavy atom. The number of hydrogen-bond acceptors (Lipinski definition) is 8. The molecule has 64 heavy (non-hydrogen) atoms. The van der Waals surface area contributed by atoms with E-state index < -0.39 is 5.41 Å². The number of ketones is 2. The summed E-state index contributed by atoms with van der Waals surface area (Å²) < 4.78 is 0. The number of Topliss-reactive ketones (excluding diaryl/α,β-unsaturated/α-hetero) is 2. The molecule has 8 heteroatoms. The van der Waals surface area contributed by atoms with Gasteiger partial charge in [0.2, 0.25) is 0 Å². The van der Waals surface area contributed by atoms with E-state index >= 15 is 0 Å². The van der Waals surface area contributed by atoms with Crippen LogP contribution >= 0.6 is 0 Å². The Morgan fingerprint density at radius 1 is 0.500 bits per heavy atom. The summed E-state index contributed by atoms with van der Waals surface area (Å²) >= 11 is 0. The van der Waals surface area contributed by atoms with Crippen molar-refractivity contribution in [2.45, 2.75) is 81.6 Å². The molecule has 0 radical (unpaired) electrons. The van der Waals surface area contributed by atoms with Crippen molar-refractivity contribution in [3.8, 4) is 0 Å². The average molecular weight is 858 g/mol. The highest BCUT2D eigenvalue weighted by Crippen LogP contribution is 2.42. The topological polar surface area (TPSA) is 123 Å². The molecule has 4 aromatic carbocycles. The number of nitrogens with zero attached hydrogens (tertiary/aromatic N) is 3. The Hall–Kier alpha value is -6.06. The van der Waals surface area contributed by atoms with Crippen molar-refractivity contribution in [1.29, 1.82) is 0 Å². The largest absolute Gasteiger partial charge is 0.396 e. The Balaban J connectivity index is 1.29. The monoisotopic (exact) mass is 857 g/mol. The highest BCUT2D eigenvalue weighted by atomic mass is 16.3. The zero-order valence-corrected chi connectivity index (χ0v) is 38.9. The molecule has 0 aliphatic heterocycles. The van der Waals surface area contributed by atoms with Crippen LogP contribution in [-0.4, -0.2) is 46.7 Å². The van der Waals surface area contributed by atoms with Gasteiger partial charge in [-0.2, -0.15) is 10.2 Å². The number of carbonyl (C=O) groups excluding carboxylic acids is 2. The third-order valence-electron chi connectivity index (χ3n) is 11.5. The van der Waals surface area contributed by atoms with Crippen molar-refractivity contribution in [3.63, 3.8) is 0 Å². The maximum Gasteiger partial charge on any atom is 0.189 e. The smallest absolute Gasteiger partial charge is 0.189 e. The Labute approximate surface area is 379 Å². The molecular formula is C56H63N3O5. The van der Waals surface area contributed by atoms with Gasteiger partial charge in [-0.1, -0.05) is 105 Å². The van der Waals surface area contributed by atoms with Gasteiger partial charge in [0.05, 0.1) is 11.4 Å². The van der Waals surface area contributed by atoms with Crippen LogP contribution in [-0.2, 0) is 28.9 Å². The summed E-state index contributed by atoms with van der Waals surface area (Å²) in [5, 5.41) is 38.1. The minimum atomic E-state index is -0.421. The van der Waals surface area contributed by atoms with Gasteiger partial charge >= 0.3 is 0 Å². The number of benzene rings is 4. The number of azo groups is 1. The van der Waals surface area contributed by atoms with Crippen LogP contribution in [0.25, 0.3) is 6.08 Å². The molecule has 4 aromatic rings. The van der Waals surface area contributed by atoms with Gasteiger partial charge in [-0.15, -0.1) is 0 Å². The van der Waals surface area contributed by atoms with Gasteiger partial charge in [-0.25, -0.2) is 0 Å². The SMILES string of the molecule is CC(C)(C)C1=CC(=C2C=C(C(C)(C)C)C(=O)C(C(C)(C)C)=C2)C=C(/C=C/c2ccc(N=Nc3ccc(N(c4ccc(CCO)cc4)c4ccc(CCO)cc4)cc3)c(CCO)c2)C1=O. The number of hydrogen-bond donors (Lipinski definition) is 3. The van der Waals surface area contributed by atoms with Crippen molar-refractivity contribution in [1.82, 2.24) is 0 Å². The van der Waals surface area contributed by atoms with Gasteiger partial charge in [0.15, 0.2) is 11.6 Å². The molecule has 0 atom stereocenters. The van der Waals surface area contributed by atoms with E-state index in [1.165, 1.54) is 0 Å². The van der Waals surface area contributed by atoms with Crippen LogP contribution in [0.5, 0.6) is 0 Å². The lowest BCUT2D eigenvalue weighted by Gasteiger charge is -2.32. The minimum absolute atomic E-state index is 0.0397. The molecule has 0 bridgehead atoms. The van der Waals surface area contributed by atoms with Crippen LogP contribution in [0.4, 0.5) is 28.4 Å². The van der Waals surface area contributed by atoms with Gasteiger partial charge in [0.1, 0.15) is 0 Å². The lowest BCUT2D eigenvalue weighted by molar-refractivity contribution is -0.114. The van der Waals surface area contributed by atoms with E-state index in [0.717, 1.165) is 61.6 Å². The standard InChI is InChI=1S/C56H63N3O5/c1-54(2,3)48-34-42(43-35-49(55(4,5)6)53(64)50(36-43)56(7,8)9)33-41(52(48)63)16-10-39-15-25-51(40(32-39)28-31-62)58-57-44-17-23-47(24-18-44)59(45-19-11-37(12-20-45)26-29-60)46-21-13-38(14-22-46)27-30-61/h10-25,32-36,60-62H,26-31H2,1-9H3/b16-10+,58-57?. The van der Waals surface area contributed by atoms with Crippen molar-refractivity contribution >= 4 is 46.1 Å². The van der Waals surface area contributed by atoms with Gasteiger partial charge < -0.3 is 20.2 Å². The molecule has 6 rings (SSSR count). The van der Waals surface area contributed by atoms with Crippen LogP contribution in [0.3, 0.4) is 0 Å². The summed E-state index contributed by atoms with van der Waals surface area (Å²) in [6.45, 7) is 18.6. The Morgan fingerprint density at radius 2 is 0.938 bits per heavy atom. The molecule has 0 amide bonds. The van der Waals surface area contributed by atoms with Crippen molar-refractivity contribution in [2.75, 3.05) is 24.7 Å². The molecule has 2 aliphatic rings. The van der Waals surface area contributed by atoms with E-state index in [4.69, 9.17) is 0 Å². The average Bonchev–Trinajstić information content (AvgIpc) is 3.24. The first-order chi connectivity index (χ1) is 30.3. The molecule has 332 valence electrons. The number of allylic oxidation sites excluding steroid dienone is 11. The fourth-order valence-corrected chi connectivity index (χ4v) is 7.83. The maximum atomic E-state index is 14.1. The Kier molecular flexibility index (Phi) is 14.6. The van der Waals surface area contributed by atoms with Gasteiger partial charge in [0, 0.05) is 59.2 Å². The summed E-state index contributed by atoms with van der Waals surface area (Å²) in [6.07, 6.45) is 13.2. The fourth-order valence-electron chi connectivity index (χ4n) is 7.83. The number of aliphatic hydroxyl groups is 3. The molecule has 0 unspecified atom stereocenters. The second-order valence-corrected chi connectivity index (χ2v) is 19.6. The minimum Gasteiger partial charge on any atom is -0.396 e. The van der Waals surface area contributed by atoms with Crippen LogP contribution in [0.2, 0.25) is 0 Å². The summed E-state index contributed by atoms with van der Waals surface area (Å²) in [6, 6.07) is 29.9. The number of rotatable bonds is 13. The lowest BCUT2D eigenvalue weighted by Crippen LogP contribution is -2.28. The van der Waals surface area contributed by atoms with Gasteiger partial charge in [-0.3, -0.25) is 9.59 Å². The van der Waals surface area contributed by atoms with Crippen LogP contribution in [0.1, 0.15) is 84.6 Å². The highest BCUT2D eigenvalue weighted by molar-refractivity contribution is 6.14. The van der Waals surface area contributed by atoms with Gasteiger partial charge in [-0.05, 0) is 154 Å². The molecule has 0 saturated carbocycles. The first-order valence-corrected chi connectivity index (χ1v) is 22.2. The summed E-state index contributed by atoms with van der Waals surface area (Å²) in [7, 11) is 0. The number of carbonyl (C=O) groups is 2. The molecule has 0 saturated heterocycles. The molecule has 0 spiro atoms. The quantitative estimate of drug-likeness (QED) is 0.115. The Bertz CT molecular complexity index is 2500. The van der Waals surface area contributed by atoms with E-state index in [2.05, 4.69) is 56.7 Å². The van der Waals surface area contributed by atoms with Crippen LogP contribution in [0, 0.1) is 16.2 Å². The third kappa shape index (κ3) is 11.4. The van der Waals surface area contributed by atoms with Crippen LogP contribution < -0.4 is 4.90 Å². The van der Waals surface area contributed by atoms with E-state index in [0.29, 0.717) is 41.8 Å². The first kappa shape index (κ1) is 47.4. The van der Waals surface area contributed by atoms with Crippen LogP contribution in [0.15, 0.2) is 165 Å². The second-order valence-electron chi connectivity index (χ2n) is 19.6. The third-order valence-corrected chi connectivity index (χ3v) is 11.5. The predicted molar refractivity (Wildman–Crippen MR) is 261 cm³/mol. The summed E-state index contributed by atoms with van der Waals surface area (Å²) in [4.78, 5) is 29.9. The molecule has 2 aliphatic carbocycles.